The van der Waals surface area contributed by atoms with Crippen molar-refractivity contribution in [2.75, 3.05) is 0 Å². The Morgan fingerprint density at radius 3 is 2.70 bits per heavy atom. The van der Waals surface area contributed by atoms with Gasteiger partial charge < -0.3 is 9.14 Å². The molecule has 0 fully saturated rings. The Hall–Kier alpha value is -2.80. The van der Waals surface area contributed by atoms with E-state index in [2.05, 4.69) is 11.1 Å². The number of aryl methyl sites for hydroxylation is 1. The Morgan fingerprint density at radius 2 is 1.95 bits per heavy atom. The van der Waals surface area contributed by atoms with E-state index in [4.69, 9.17) is 10.00 Å². The second-order valence-electron chi connectivity index (χ2n) is 4.63. The van der Waals surface area contributed by atoms with E-state index in [0.717, 1.165) is 17.1 Å². The molecule has 0 bridgehead atoms. The highest BCUT2D eigenvalue weighted by Gasteiger charge is 2.03. The standard InChI is InChI=1S/C16H13N3O/c1-12-2-7-16-18-14(10-19(16)9-12)11-20-15-5-3-13(8-17)4-6-15/h2-7,9-10H,11H2,1H3. The molecule has 0 N–H and O–H groups in total. The van der Waals surface area contributed by atoms with Crippen molar-refractivity contribution in [3.63, 3.8) is 0 Å². The van der Waals surface area contributed by atoms with Crippen LogP contribution in [0.4, 0.5) is 0 Å². The zero-order valence-corrected chi connectivity index (χ0v) is 11.1. The maximum Gasteiger partial charge on any atom is 0.137 e. The van der Waals surface area contributed by atoms with Crippen LogP contribution in [0.1, 0.15) is 16.8 Å². The number of nitrogens with zero attached hydrogens (tertiary/aromatic N) is 3. The molecule has 4 nitrogen and oxygen atoms in total. The molecule has 1 aromatic carbocycles. The molecule has 0 unspecified atom stereocenters. The van der Waals surface area contributed by atoms with Crippen LogP contribution in [0.15, 0.2) is 48.8 Å². The van der Waals surface area contributed by atoms with E-state index in [9.17, 15) is 0 Å². The lowest BCUT2D eigenvalue weighted by Gasteiger charge is -2.03. The number of benzene rings is 1. The number of aromatic nitrogens is 2. The maximum atomic E-state index is 8.74. The van der Waals surface area contributed by atoms with Gasteiger partial charge in [-0.25, -0.2) is 4.98 Å². The molecule has 0 saturated heterocycles. The van der Waals surface area contributed by atoms with Crippen molar-refractivity contribution in [2.45, 2.75) is 13.5 Å². The van der Waals surface area contributed by atoms with Crippen LogP contribution in [-0.2, 0) is 6.61 Å². The number of fused-ring (bicyclic) bond motifs is 1. The minimum absolute atomic E-state index is 0.409. The lowest BCUT2D eigenvalue weighted by molar-refractivity contribution is 0.302. The summed E-state index contributed by atoms with van der Waals surface area (Å²) in [6, 6.07) is 13.2. The van der Waals surface area contributed by atoms with Gasteiger partial charge in [-0.15, -0.1) is 0 Å². The largest absolute Gasteiger partial charge is 0.487 e. The van der Waals surface area contributed by atoms with Crippen LogP contribution in [-0.4, -0.2) is 9.38 Å². The predicted octanol–water partition coefficient (Wildman–Crippen LogP) is 3.09. The number of hydrogen-bond acceptors (Lipinski definition) is 3. The number of imidazole rings is 1. The summed E-state index contributed by atoms with van der Waals surface area (Å²) in [7, 11) is 0. The van der Waals surface area contributed by atoms with Gasteiger partial charge in [0.2, 0.25) is 0 Å². The van der Waals surface area contributed by atoms with Gasteiger partial charge >= 0.3 is 0 Å². The number of hydrogen-bond donors (Lipinski definition) is 0. The first-order valence-corrected chi connectivity index (χ1v) is 6.32. The summed E-state index contributed by atoms with van der Waals surface area (Å²) in [6.45, 7) is 2.46. The number of rotatable bonds is 3. The second-order valence-corrected chi connectivity index (χ2v) is 4.63. The summed E-state index contributed by atoms with van der Waals surface area (Å²) in [5, 5.41) is 8.74. The van der Waals surface area contributed by atoms with Crippen LogP contribution < -0.4 is 4.74 Å². The van der Waals surface area contributed by atoms with E-state index in [1.165, 1.54) is 5.56 Å². The summed E-state index contributed by atoms with van der Waals surface area (Å²) in [6.07, 6.45) is 4.00. The minimum atomic E-state index is 0.409. The molecule has 0 aliphatic rings. The smallest absolute Gasteiger partial charge is 0.137 e. The quantitative estimate of drug-likeness (QED) is 0.729. The van der Waals surface area contributed by atoms with Gasteiger partial charge in [0.05, 0.1) is 17.3 Å². The van der Waals surface area contributed by atoms with E-state index in [1.54, 1.807) is 24.3 Å². The summed E-state index contributed by atoms with van der Waals surface area (Å²) in [4.78, 5) is 4.49. The molecule has 98 valence electrons. The highest BCUT2D eigenvalue weighted by atomic mass is 16.5. The monoisotopic (exact) mass is 263 g/mol. The average Bonchev–Trinajstić information content (AvgIpc) is 2.87. The SMILES string of the molecule is Cc1ccc2nc(COc3ccc(C#N)cc3)cn2c1. The molecule has 0 spiro atoms. The Balaban J connectivity index is 1.74. The Kier molecular flexibility index (Phi) is 3.10. The van der Waals surface area contributed by atoms with Crippen LogP contribution in [0, 0.1) is 18.3 Å². The van der Waals surface area contributed by atoms with Crippen LogP contribution >= 0.6 is 0 Å². The third kappa shape index (κ3) is 2.47. The molecule has 0 radical (unpaired) electrons. The number of pyridine rings is 1. The number of ether oxygens (including phenoxy) is 1. The molecular weight excluding hydrogens is 250 g/mol. The van der Waals surface area contributed by atoms with Crippen LogP contribution in [0.5, 0.6) is 5.75 Å². The van der Waals surface area contributed by atoms with Crippen molar-refractivity contribution in [3.05, 3.63) is 65.6 Å². The zero-order valence-electron chi connectivity index (χ0n) is 11.1. The Labute approximate surface area is 116 Å². The first-order valence-electron chi connectivity index (χ1n) is 6.32. The van der Waals surface area contributed by atoms with Crippen LogP contribution in [0.3, 0.4) is 0 Å². The summed E-state index contributed by atoms with van der Waals surface area (Å²) in [5.41, 5.74) is 3.60. The zero-order chi connectivity index (χ0) is 13.9. The molecule has 4 heteroatoms. The van der Waals surface area contributed by atoms with Crippen molar-refractivity contribution >= 4 is 5.65 Å². The minimum Gasteiger partial charge on any atom is -0.487 e. The normalized spacial score (nSPS) is 10.4. The van der Waals surface area contributed by atoms with Gasteiger partial charge in [0.1, 0.15) is 18.0 Å². The summed E-state index contributed by atoms with van der Waals surface area (Å²) < 4.78 is 7.66. The van der Waals surface area contributed by atoms with Crippen molar-refractivity contribution in [1.82, 2.24) is 9.38 Å². The highest BCUT2D eigenvalue weighted by molar-refractivity contribution is 5.41. The highest BCUT2D eigenvalue weighted by Crippen LogP contribution is 2.14. The fraction of sp³-hybridized carbons (Fsp3) is 0.125. The lowest BCUT2D eigenvalue weighted by atomic mass is 10.2. The van der Waals surface area contributed by atoms with Crippen molar-refractivity contribution < 1.29 is 4.74 Å². The molecule has 2 aromatic heterocycles. The molecule has 0 amide bonds. The summed E-state index contributed by atoms with van der Waals surface area (Å²) >= 11 is 0. The van der Waals surface area contributed by atoms with Crippen molar-refractivity contribution in [3.8, 4) is 11.8 Å². The predicted molar refractivity (Wildman–Crippen MR) is 75.4 cm³/mol. The third-order valence-electron chi connectivity index (χ3n) is 3.02. The second kappa shape index (κ2) is 5.06. The third-order valence-corrected chi connectivity index (χ3v) is 3.02. The molecule has 20 heavy (non-hydrogen) atoms. The van der Waals surface area contributed by atoms with Gasteiger partial charge in [-0.05, 0) is 42.8 Å². The Bertz CT molecular complexity index is 782. The van der Waals surface area contributed by atoms with Crippen molar-refractivity contribution in [2.24, 2.45) is 0 Å². The van der Waals surface area contributed by atoms with Gasteiger partial charge in [0.15, 0.2) is 0 Å². The summed E-state index contributed by atoms with van der Waals surface area (Å²) in [5.74, 6) is 0.734. The molecule has 0 aliphatic heterocycles. The number of nitriles is 1. The van der Waals surface area contributed by atoms with E-state index >= 15 is 0 Å². The molecule has 3 rings (SSSR count). The molecule has 0 saturated carbocycles. The fourth-order valence-corrected chi connectivity index (χ4v) is 2.01. The van der Waals surface area contributed by atoms with Crippen molar-refractivity contribution in [1.29, 1.82) is 5.26 Å². The molecular formula is C16H13N3O. The van der Waals surface area contributed by atoms with E-state index < -0.39 is 0 Å². The Morgan fingerprint density at radius 1 is 1.15 bits per heavy atom. The first kappa shape index (κ1) is 12.2. The topological polar surface area (TPSA) is 50.3 Å². The van der Waals surface area contributed by atoms with Gasteiger partial charge in [0, 0.05) is 12.4 Å². The van der Waals surface area contributed by atoms with Crippen LogP contribution in [0.2, 0.25) is 0 Å². The maximum absolute atomic E-state index is 8.74. The average molecular weight is 263 g/mol. The van der Waals surface area contributed by atoms with Gasteiger partial charge in [-0.3, -0.25) is 0 Å². The van der Waals surface area contributed by atoms with E-state index in [-0.39, 0.29) is 0 Å². The first-order chi connectivity index (χ1) is 9.74. The lowest BCUT2D eigenvalue weighted by Crippen LogP contribution is -1.95. The molecule has 3 aromatic rings. The van der Waals surface area contributed by atoms with E-state index in [1.807, 2.05) is 35.9 Å². The van der Waals surface area contributed by atoms with Gasteiger partial charge in [0.25, 0.3) is 0 Å². The molecule has 2 heterocycles. The van der Waals surface area contributed by atoms with Gasteiger partial charge in [-0.2, -0.15) is 5.26 Å². The molecule has 0 atom stereocenters. The molecule has 0 aliphatic carbocycles. The van der Waals surface area contributed by atoms with E-state index in [0.29, 0.717) is 12.2 Å². The van der Waals surface area contributed by atoms with Gasteiger partial charge in [-0.1, -0.05) is 6.07 Å². The van der Waals surface area contributed by atoms with Crippen LogP contribution in [0.25, 0.3) is 5.65 Å². The fourth-order valence-electron chi connectivity index (χ4n) is 2.01.